The standard InChI is InChI=1S/C21H11Cl5F8N2O2/c1-18(29,20(30,31)21(32,33)34)17(38)36-15-9(27)2-3-10(14(15)28)35-16(37)12-11(19(12,25)26)6-4-7(22)13(24)8(23)5-6/h2-5,11-12H,1H3,(H,35,37)(H,36,38)/t11-,12?,18?/m0/s1. The van der Waals surface area contributed by atoms with Crippen molar-refractivity contribution in [3.8, 4) is 0 Å². The number of hydrogen-bond donors (Lipinski definition) is 2. The molecule has 2 aromatic rings. The van der Waals surface area contributed by atoms with Crippen LogP contribution in [-0.4, -0.2) is 33.9 Å². The van der Waals surface area contributed by atoms with E-state index in [0.717, 1.165) is 5.32 Å². The average Bonchev–Trinajstić information content (AvgIpc) is 3.37. The molecule has 1 aliphatic carbocycles. The lowest BCUT2D eigenvalue weighted by Gasteiger charge is -2.30. The molecule has 1 fully saturated rings. The summed E-state index contributed by atoms with van der Waals surface area (Å²) in [7, 11) is 0. The molecule has 2 N–H and O–H groups in total. The smallest absolute Gasteiger partial charge is 0.323 e. The molecular formula is C21H11Cl5F8N2O2. The summed E-state index contributed by atoms with van der Waals surface area (Å²) in [6.45, 7) is -0.416. The molecule has 3 rings (SSSR count). The van der Waals surface area contributed by atoms with Gasteiger partial charge in [0.2, 0.25) is 5.91 Å². The van der Waals surface area contributed by atoms with E-state index in [1.165, 1.54) is 12.1 Å². The van der Waals surface area contributed by atoms with Crippen LogP contribution in [0.1, 0.15) is 18.4 Å². The number of rotatable bonds is 6. The quantitative estimate of drug-likeness (QED) is 0.187. The molecule has 0 spiro atoms. The molecule has 2 amide bonds. The fraction of sp³-hybridized carbons (Fsp3) is 0.333. The van der Waals surface area contributed by atoms with Gasteiger partial charge in [0.25, 0.3) is 11.6 Å². The molecule has 2 aromatic carbocycles. The second-order valence-corrected chi connectivity index (χ2v) is 10.9. The number of halogens is 13. The monoisotopic (exact) mass is 650 g/mol. The van der Waals surface area contributed by atoms with E-state index in [0.29, 0.717) is 12.1 Å². The Labute approximate surface area is 233 Å². The molecule has 0 radical (unpaired) electrons. The summed E-state index contributed by atoms with van der Waals surface area (Å²) in [5.41, 5.74) is -7.18. The van der Waals surface area contributed by atoms with Gasteiger partial charge in [0.05, 0.1) is 26.7 Å². The zero-order valence-electron chi connectivity index (χ0n) is 18.2. The van der Waals surface area contributed by atoms with Gasteiger partial charge in [-0.25, -0.2) is 13.2 Å². The molecule has 208 valence electrons. The molecule has 1 aliphatic rings. The van der Waals surface area contributed by atoms with Gasteiger partial charge in [-0.2, -0.15) is 22.0 Å². The summed E-state index contributed by atoms with van der Waals surface area (Å²) in [5, 5.41) is 3.04. The van der Waals surface area contributed by atoms with E-state index in [-0.39, 0.29) is 20.6 Å². The lowest BCUT2D eigenvalue weighted by Crippen LogP contribution is -2.58. The SMILES string of the molecule is CC(F)(C(=O)Nc1c(F)ccc(NC(=O)C2[C@H](c3cc(Cl)c(Cl)c(Cl)c3)C2(Cl)Cl)c1F)C(F)(F)C(F)(F)F. The number of nitrogens with one attached hydrogen (secondary N) is 2. The van der Waals surface area contributed by atoms with Crippen LogP contribution in [0, 0.1) is 17.6 Å². The Morgan fingerprint density at radius 1 is 0.921 bits per heavy atom. The third-order valence-electron chi connectivity index (χ3n) is 5.66. The van der Waals surface area contributed by atoms with Crippen LogP contribution in [0.15, 0.2) is 24.3 Å². The first kappa shape index (κ1) is 30.8. The third kappa shape index (κ3) is 5.22. The van der Waals surface area contributed by atoms with E-state index in [9.17, 15) is 44.7 Å². The summed E-state index contributed by atoms with van der Waals surface area (Å²) in [6.07, 6.45) is -6.50. The predicted molar refractivity (Wildman–Crippen MR) is 126 cm³/mol. The van der Waals surface area contributed by atoms with E-state index < -0.39 is 75.7 Å². The molecule has 38 heavy (non-hydrogen) atoms. The van der Waals surface area contributed by atoms with Crippen molar-refractivity contribution in [3.63, 3.8) is 0 Å². The Balaban J connectivity index is 1.86. The van der Waals surface area contributed by atoms with Gasteiger partial charge in [-0.05, 0) is 36.8 Å². The van der Waals surface area contributed by atoms with Gasteiger partial charge in [0.15, 0.2) is 5.82 Å². The van der Waals surface area contributed by atoms with Crippen LogP contribution in [0.2, 0.25) is 15.1 Å². The number of anilines is 2. The highest BCUT2D eigenvalue weighted by atomic mass is 35.5. The van der Waals surface area contributed by atoms with E-state index in [1.54, 1.807) is 0 Å². The molecule has 4 nitrogen and oxygen atoms in total. The topological polar surface area (TPSA) is 58.2 Å². The van der Waals surface area contributed by atoms with Crippen LogP contribution < -0.4 is 10.6 Å². The summed E-state index contributed by atoms with van der Waals surface area (Å²) in [5.74, 6) is -15.7. The molecule has 0 bridgehead atoms. The highest BCUT2D eigenvalue weighted by molar-refractivity contribution is 6.54. The maximum atomic E-state index is 14.9. The zero-order chi connectivity index (χ0) is 29.2. The molecular weight excluding hydrogens is 641 g/mol. The highest BCUT2D eigenvalue weighted by Gasteiger charge is 2.72. The number of carbonyl (C=O) groups is 2. The van der Waals surface area contributed by atoms with Crippen LogP contribution in [-0.2, 0) is 9.59 Å². The van der Waals surface area contributed by atoms with Gasteiger partial charge in [0, 0.05) is 5.92 Å². The maximum Gasteiger partial charge on any atom is 0.457 e. The van der Waals surface area contributed by atoms with Crippen LogP contribution >= 0.6 is 58.0 Å². The molecule has 1 saturated carbocycles. The zero-order valence-corrected chi connectivity index (χ0v) is 22.0. The summed E-state index contributed by atoms with van der Waals surface area (Å²) < 4.78 is 106. The van der Waals surface area contributed by atoms with E-state index in [1.807, 2.05) is 5.32 Å². The number of alkyl halides is 8. The van der Waals surface area contributed by atoms with Crippen molar-refractivity contribution in [2.24, 2.45) is 5.92 Å². The van der Waals surface area contributed by atoms with Crippen molar-refractivity contribution in [1.29, 1.82) is 0 Å². The lowest BCUT2D eigenvalue weighted by molar-refractivity contribution is -0.317. The first-order valence-electron chi connectivity index (χ1n) is 9.92. The lowest BCUT2D eigenvalue weighted by atomic mass is 9.98. The van der Waals surface area contributed by atoms with Gasteiger partial charge >= 0.3 is 12.1 Å². The third-order valence-corrected chi connectivity index (χ3v) is 7.80. The van der Waals surface area contributed by atoms with Gasteiger partial charge in [-0.15, -0.1) is 23.2 Å². The van der Waals surface area contributed by atoms with Gasteiger partial charge < -0.3 is 10.6 Å². The van der Waals surface area contributed by atoms with Crippen LogP contribution in [0.25, 0.3) is 0 Å². The van der Waals surface area contributed by atoms with Gasteiger partial charge in [0.1, 0.15) is 15.8 Å². The molecule has 2 unspecified atom stereocenters. The number of amides is 2. The highest BCUT2D eigenvalue weighted by Crippen LogP contribution is 2.65. The number of hydrogen-bond acceptors (Lipinski definition) is 2. The van der Waals surface area contributed by atoms with Crippen molar-refractivity contribution < 1.29 is 44.7 Å². The van der Waals surface area contributed by atoms with Crippen LogP contribution in [0.3, 0.4) is 0 Å². The Bertz CT molecular complexity index is 1300. The minimum atomic E-state index is -6.50. The summed E-state index contributed by atoms with van der Waals surface area (Å²) >= 11 is 30.2. The number of carbonyl (C=O) groups excluding carboxylic acids is 2. The minimum Gasteiger partial charge on any atom is -0.323 e. The summed E-state index contributed by atoms with van der Waals surface area (Å²) in [4.78, 5) is 24.7. The van der Waals surface area contributed by atoms with Crippen LogP contribution in [0.5, 0.6) is 0 Å². The maximum absolute atomic E-state index is 14.9. The molecule has 0 saturated heterocycles. The fourth-order valence-corrected chi connectivity index (χ4v) is 4.88. The second-order valence-electron chi connectivity index (χ2n) is 8.23. The molecule has 0 aliphatic heterocycles. The van der Waals surface area contributed by atoms with Crippen molar-refractivity contribution in [3.05, 3.63) is 56.5 Å². The first-order chi connectivity index (χ1) is 17.2. The molecule has 17 heteroatoms. The largest absolute Gasteiger partial charge is 0.457 e. The molecule has 0 aromatic heterocycles. The van der Waals surface area contributed by atoms with Gasteiger partial charge in [-0.1, -0.05) is 34.8 Å². The Kier molecular flexibility index (Phi) is 8.13. The first-order valence-corrected chi connectivity index (χ1v) is 11.8. The number of benzene rings is 2. The summed E-state index contributed by atoms with van der Waals surface area (Å²) in [6, 6.07) is 3.70. The van der Waals surface area contributed by atoms with E-state index in [2.05, 4.69) is 0 Å². The predicted octanol–water partition coefficient (Wildman–Crippen LogP) is 8.32. The van der Waals surface area contributed by atoms with Crippen molar-refractivity contribution in [2.45, 2.75) is 34.9 Å². The Morgan fingerprint density at radius 2 is 1.45 bits per heavy atom. The Morgan fingerprint density at radius 3 is 1.95 bits per heavy atom. The van der Waals surface area contributed by atoms with E-state index >= 15 is 0 Å². The van der Waals surface area contributed by atoms with Gasteiger partial charge in [-0.3, -0.25) is 9.59 Å². The van der Waals surface area contributed by atoms with Crippen molar-refractivity contribution >= 4 is 81.2 Å². The average molecular weight is 653 g/mol. The normalized spacial score (nSPS) is 20.5. The van der Waals surface area contributed by atoms with E-state index in [4.69, 9.17) is 58.0 Å². The second kappa shape index (κ2) is 10.0. The van der Waals surface area contributed by atoms with Crippen molar-refractivity contribution in [1.82, 2.24) is 0 Å². The molecule has 0 heterocycles. The Hall–Kier alpha value is -1.73. The fourth-order valence-electron chi connectivity index (χ4n) is 3.44. The molecule has 3 atom stereocenters. The van der Waals surface area contributed by atoms with Crippen molar-refractivity contribution in [2.75, 3.05) is 10.6 Å². The van der Waals surface area contributed by atoms with Crippen LogP contribution in [0.4, 0.5) is 46.5 Å². The minimum absolute atomic E-state index is 0.00489.